The molecule has 0 aromatic carbocycles. The van der Waals surface area contributed by atoms with Gasteiger partial charge in [-0.3, -0.25) is 9.59 Å². The van der Waals surface area contributed by atoms with Crippen molar-refractivity contribution in [2.45, 2.75) is 50.7 Å². The van der Waals surface area contributed by atoms with Crippen LogP contribution in [0.5, 0.6) is 0 Å². The van der Waals surface area contributed by atoms with E-state index in [1.54, 1.807) is 6.92 Å². The first-order chi connectivity index (χ1) is 9.76. The van der Waals surface area contributed by atoms with E-state index in [9.17, 15) is 19.5 Å². The van der Waals surface area contributed by atoms with Gasteiger partial charge in [-0.15, -0.1) is 0 Å². The Kier molecular flexibility index (Phi) is 2.90. The van der Waals surface area contributed by atoms with Gasteiger partial charge in [-0.2, -0.15) is 0 Å². The topological polar surface area (TPSA) is 89.9 Å². The molecule has 0 aromatic rings. The number of aliphatic carboxylic acids is 1. The number of carboxylic acids is 1. The van der Waals surface area contributed by atoms with Crippen LogP contribution in [0.25, 0.3) is 0 Å². The highest BCUT2D eigenvalue weighted by Crippen LogP contribution is 2.56. The van der Waals surface area contributed by atoms with Crippen molar-refractivity contribution in [2.75, 3.05) is 0 Å². The molecule has 0 radical (unpaired) electrons. The Labute approximate surface area is 122 Å². The van der Waals surface area contributed by atoms with Gasteiger partial charge in [0.25, 0.3) is 0 Å². The third kappa shape index (κ3) is 2.04. The van der Waals surface area contributed by atoms with Crippen LogP contribution in [0.1, 0.15) is 39.0 Å². The number of carbonyl (C=O) groups excluding carboxylic acids is 2. The molecule has 114 valence electrons. The second kappa shape index (κ2) is 4.32. The zero-order valence-corrected chi connectivity index (χ0v) is 11.9. The number of fused-ring (bicyclic) bond motifs is 1. The number of carboxylic acid groups (broad SMARTS) is 1. The predicted octanol–water partition coefficient (Wildman–Crippen LogP) is 1.43. The van der Waals surface area contributed by atoms with Crippen LogP contribution < -0.4 is 0 Å². The van der Waals surface area contributed by atoms with Crippen molar-refractivity contribution >= 4 is 17.9 Å². The summed E-state index contributed by atoms with van der Waals surface area (Å²) in [5.74, 6) is -2.38. The van der Waals surface area contributed by atoms with Gasteiger partial charge in [0.05, 0.1) is 0 Å². The summed E-state index contributed by atoms with van der Waals surface area (Å²) in [6, 6.07) is 0. The van der Waals surface area contributed by atoms with E-state index in [1.165, 1.54) is 0 Å². The fourth-order valence-corrected chi connectivity index (χ4v) is 4.14. The van der Waals surface area contributed by atoms with Crippen molar-refractivity contribution in [1.29, 1.82) is 0 Å². The maximum absolute atomic E-state index is 12.2. The summed E-state index contributed by atoms with van der Waals surface area (Å²) in [6.45, 7) is 5.10. The Balaban J connectivity index is 2.00. The molecule has 0 spiro atoms. The smallest absolute Gasteiger partial charge is 0.333 e. The molecule has 0 aromatic heterocycles. The van der Waals surface area contributed by atoms with Crippen LogP contribution in [0, 0.1) is 11.3 Å². The van der Waals surface area contributed by atoms with Gasteiger partial charge in [0, 0.05) is 18.4 Å². The van der Waals surface area contributed by atoms with E-state index in [1.807, 2.05) is 0 Å². The van der Waals surface area contributed by atoms with E-state index in [0.717, 1.165) is 0 Å². The Hall–Kier alpha value is -1.85. The molecule has 6 heteroatoms. The average molecular weight is 294 g/mol. The zero-order valence-electron chi connectivity index (χ0n) is 11.9. The van der Waals surface area contributed by atoms with Gasteiger partial charge >= 0.3 is 17.9 Å². The molecular weight excluding hydrogens is 276 g/mol. The van der Waals surface area contributed by atoms with Crippen molar-refractivity contribution < 1.29 is 29.0 Å². The maximum Gasteiger partial charge on any atom is 0.333 e. The van der Waals surface area contributed by atoms with E-state index in [2.05, 4.69) is 6.58 Å². The van der Waals surface area contributed by atoms with Crippen LogP contribution >= 0.6 is 0 Å². The van der Waals surface area contributed by atoms with Crippen LogP contribution in [0.2, 0.25) is 0 Å². The Morgan fingerprint density at radius 2 is 2.10 bits per heavy atom. The van der Waals surface area contributed by atoms with Crippen LogP contribution in [-0.2, 0) is 23.9 Å². The second-order valence-electron chi connectivity index (χ2n) is 6.66. The third-order valence-corrected chi connectivity index (χ3v) is 4.85. The molecule has 1 N–H and O–H groups in total. The highest BCUT2D eigenvalue weighted by atomic mass is 16.6. The molecule has 4 aliphatic rings. The Morgan fingerprint density at radius 1 is 1.38 bits per heavy atom. The molecule has 2 aliphatic heterocycles. The van der Waals surface area contributed by atoms with Gasteiger partial charge in [0.1, 0.15) is 11.7 Å². The van der Waals surface area contributed by atoms with E-state index >= 15 is 0 Å². The van der Waals surface area contributed by atoms with Crippen LogP contribution in [-0.4, -0.2) is 34.7 Å². The molecule has 6 nitrogen and oxygen atoms in total. The van der Waals surface area contributed by atoms with Crippen molar-refractivity contribution in [2.24, 2.45) is 11.3 Å². The lowest BCUT2D eigenvalue weighted by Gasteiger charge is -2.47. The van der Waals surface area contributed by atoms with E-state index in [-0.39, 0.29) is 30.4 Å². The van der Waals surface area contributed by atoms with Crippen molar-refractivity contribution in [3.63, 3.8) is 0 Å². The fourth-order valence-electron chi connectivity index (χ4n) is 4.14. The third-order valence-electron chi connectivity index (χ3n) is 4.85. The molecule has 2 heterocycles. The summed E-state index contributed by atoms with van der Waals surface area (Å²) in [4.78, 5) is 35.8. The number of esters is 2. The van der Waals surface area contributed by atoms with E-state index in [4.69, 9.17) is 9.47 Å². The number of carbonyl (C=O) groups is 3. The molecule has 4 fully saturated rings. The predicted molar refractivity (Wildman–Crippen MR) is 70.2 cm³/mol. The van der Waals surface area contributed by atoms with Gasteiger partial charge in [-0.25, -0.2) is 4.79 Å². The summed E-state index contributed by atoms with van der Waals surface area (Å²) in [6.07, 6.45) is 1.52. The van der Waals surface area contributed by atoms with Crippen LogP contribution in [0.4, 0.5) is 0 Å². The molecule has 4 atom stereocenters. The van der Waals surface area contributed by atoms with Crippen molar-refractivity contribution in [3.05, 3.63) is 12.2 Å². The minimum absolute atomic E-state index is 0.000185. The van der Waals surface area contributed by atoms with Gasteiger partial charge in [-0.05, 0) is 32.1 Å². The fraction of sp³-hybridized carbons (Fsp3) is 0.667. The monoisotopic (exact) mass is 294 g/mol. The molecule has 0 amide bonds. The van der Waals surface area contributed by atoms with Gasteiger partial charge < -0.3 is 14.6 Å². The van der Waals surface area contributed by atoms with E-state index < -0.39 is 28.9 Å². The lowest BCUT2D eigenvalue weighted by Crippen LogP contribution is -2.54. The summed E-state index contributed by atoms with van der Waals surface area (Å²) in [5, 5.41) is 9.57. The Bertz CT molecular complexity index is 552. The molecule has 2 aliphatic carbocycles. The second-order valence-corrected chi connectivity index (χ2v) is 6.66. The Morgan fingerprint density at radius 3 is 2.71 bits per heavy atom. The quantitative estimate of drug-likeness (QED) is 0.481. The average Bonchev–Trinajstić information content (AvgIpc) is 2.49. The lowest BCUT2D eigenvalue weighted by molar-refractivity contribution is -0.183. The first kappa shape index (κ1) is 14.1. The minimum Gasteiger partial charge on any atom is -0.480 e. The van der Waals surface area contributed by atoms with Crippen LogP contribution in [0.3, 0.4) is 0 Å². The number of hydrogen-bond donors (Lipinski definition) is 1. The molecule has 21 heavy (non-hydrogen) atoms. The molecule has 2 saturated heterocycles. The first-order valence-corrected chi connectivity index (χ1v) is 7.10. The molecule has 4 bridgehead atoms. The summed E-state index contributed by atoms with van der Waals surface area (Å²) < 4.78 is 10.9. The minimum atomic E-state index is -1.58. The molecular formula is C15H18O6. The SMILES string of the molecule is C=C(C)C(=O)OC12CC3CC(C1)OC(=O)C(C(=O)O)(C3)C2. The maximum atomic E-state index is 12.2. The number of hydrogen-bond acceptors (Lipinski definition) is 5. The van der Waals surface area contributed by atoms with Crippen molar-refractivity contribution in [1.82, 2.24) is 0 Å². The normalized spacial score (nSPS) is 40.3. The molecule has 2 saturated carbocycles. The lowest BCUT2D eigenvalue weighted by atomic mass is 9.59. The van der Waals surface area contributed by atoms with Gasteiger partial charge in [-0.1, -0.05) is 6.58 Å². The molecule has 4 unspecified atom stereocenters. The standard InChI is InChI=1S/C15H18O6/c1-8(2)11(16)21-14-4-9-3-10(6-14)20-13(19)15(5-9,7-14)12(17)18/h9-10H,1,3-7H2,2H3,(H,17,18). The largest absolute Gasteiger partial charge is 0.480 e. The highest BCUT2D eigenvalue weighted by Gasteiger charge is 2.65. The van der Waals surface area contributed by atoms with Gasteiger partial charge in [0.2, 0.25) is 0 Å². The summed E-state index contributed by atoms with van der Waals surface area (Å²) in [5.41, 5.74) is -2.24. The zero-order chi connectivity index (χ0) is 15.4. The van der Waals surface area contributed by atoms with Crippen LogP contribution in [0.15, 0.2) is 12.2 Å². The number of rotatable bonds is 3. The van der Waals surface area contributed by atoms with Crippen molar-refractivity contribution in [3.8, 4) is 0 Å². The highest BCUT2D eigenvalue weighted by molar-refractivity contribution is 6.00. The summed E-state index contributed by atoms with van der Waals surface area (Å²) >= 11 is 0. The summed E-state index contributed by atoms with van der Waals surface area (Å²) in [7, 11) is 0. The van der Waals surface area contributed by atoms with E-state index in [0.29, 0.717) is 19.3 Å². The first-order valence-electron chi connectivity index (χ1n) is 7.10. The number of ether oxygens (including phenoxy) is 2. The molecule has 4 rings (SSSR count). The van der Waals surface area contributed by atoms with Gasteiger partial charge in [0.15, 0.2) is 5.41 Å².